The summed E-state index contributed by atoms with van der Waals surface area (Å²) in [4.78, 5) is 37.3. The SMILES string of the molecule is COc1ccc(/C=C(/NC(=O)c2ccccc2Br)C(=O)Nc2ccc(C(C)=O)cc2)cc1. The Bertz CT molecular complexity index is 1170. The van der Waals surface area contributed by atoms with Gasteiger partial charge in [-0.15, -0.1) is 0 Å². The molecule has 0 unspecified atom stereocenters. The Morgan fingerprint density at radius 3 is 2.16 bits per heavy atom. The number of methoxy groups -OCH3 is 1. The molecule has 7 heteroatoms. The Balaban J connectivity index is 1.88. The van der Waals surface area contributed by atoms with Crippen LogP contribution in [-0.4, -0.2) is 24.7 Å². The van der Waals surface area contributed by atoms with Gasteiger partial charge in [-0.1, -0.05) is 24.3 Å². The van der Waals surface area contributed by atoms with Crippen LogP contribution in [0.2, 0.25) is 0 Å². The number of rotatable bonds is 7. The highest BCUT2D eigenvalue weighted by Gasteiger charge is 2.17. The average Bonchev–Trinajstić information content (AvgIpc) is 2.79. The summed E-state index contributed by atoms with van der Waals surface area (Å²) in [5.74, 6) is -0.323. The Morgan fingerprint density at radius 2 is 1.56 bits per heavy atom. The lowest BCUT2D eigenvalue weighted by atomic mass is 10.1. The number of halogens is 1. The van der Waals surface area contributed by atoms with E-state index in [0.717, 1.165) is 0 Å². The minimum absolute atomic E-state index is 0.0616. The molecule has 0 spiro atoms. The minimum atomic E-state index is -0.503. The van der Waals surface area contributed by atoms with Gasteiger partial charge in [0.1, 0.15) is 11.4 Å². The highest BCUT2D eigenvalue weighted by atomic mass is 79.9. The van der Waals surface area contributed by atoms with E-state index in [1.54, 1.807) is 86.0 Å². The van der Waals surface area contributed by atoms with Gasteiger partial charge in [0.15, 0.2) is 5.78 Å². The predicted octanol–water partition coefficient (Wildman–Crippen LogP) is 5.07. The predicted molar refractivity (Wildman–Crippen MR) is 128 cm³/mol. The van der Waals surface area contributed by atoms with E-state index in [1.807, 2.05) is 0 Å². The van der Waals surface area contributed by atoms with E-state index in [9.17, 15) is 14.4 Å². The van der Waals surface area contributed by atoms with E-state index in [0.29, 0.717) is 32.6 Å². The van der Waals surface area contributed by atoms with Crippen molar-refractivity contribution in [2.24, 2.45) is 0 Å². The molecule has 3 aromatic carbocycles. The topological polar surface area (TPSA) is 84.5 Å². The Labute approximate surface area is 194 Å². The van der Waals surface area contributed by atoms with Gasteiger partial charge in [-0.05, 0) is 83.0 Å². The lowest BCUT2D eigenvalue weighted by Crippen LogP contribution is -2.31. The number of anilines is 1. The van der Waals surface area contributed by atoms with Crippen molar-refractivity contribution in [2.75, 3.05) is 12.4 Å². The second kappa shape index (κ2) is 10.5. The standard InChI is InChI=1S/C25H21BrN2O4/c1-16(29)18-9-11-19(12-10-18)27-25(31)23(15-17-7-13-20(32-2)14-8-17)28-24(30)21-5-3-4-6-22(21)26/h3-15H,1-2H3,(H,27,31)(H,28,30)/b23-15+. The summed E-state index contributed by atoms with van der Waals surface area (Å²) in [6.45, 7) is 1.47. The number of amides is 2. The zero-order valence-corrected chi connectivity index (χ0v) is 19.1. The number of hydrogen-bond acceptors (Lipinski definition) is 4. The molecule has 3 rings (SSSR count). The molecule has 32 heavy (non-hydrogen) atoms. The third-order valence-corrected chi connectivity index (χ3v) is 5.28. The summed E-state index contributed by atoms with van der Waals surface area (Å²) in [6, 6.07) is 20.5. The minimum Gasteiger partial charge on any atom is -0.497 e. The maximum atomic E-state index is 13.0. The molecule has 0 aliphatic rings. The molecule has 0 saturated heterocycles. The number of carbonyl (C=O) groups is 3. The summed E-state index contributed by atoms with van der Waals surface area (Å²) in [7, 11) is 1.57. The normalized spacial score (nSPS) is 10.9. The number of ketones is 1. The van der Waals surface area contributed by atoms with Gasteiger partial charge in [0.25, 0.3) is 11.8 Å². The molecule has 0 aliphatic carbocycles. The van der Waals surface area contributed by atoms with Crippen LogP contribution in [0, 0.1) is 0 Å². The van der Waals surface area contributed by atoms with Crippen molar-refractivity contribution in [3.8, 4) is 5.75 Å². The first kappa shape index (κ1) is 23.0. The van der Waals surface area contributed by atoms with Crippen LogP contribution < -0.4 is 15.4 Å². The number of benzene rings is 3. The van der Waals surface area contributed by atoms with E-state index >= 15 is 0 Å². The maximum absolute atomic E-state index is 13.0. The molecular formula is C25H21BrN2O4. The van der Waals surface area contributed by atoms with Crippen LogP contribution in [0.5, 0.6) is 5.75 Å². The van der Waals surface area contributed by atoms with Crippen molar-refractivity contribution in [3.05, 3.63) is 99.7 Å². The summed E-state index contributed by atoms with van der Waals surface area (Å²) < 4.78 is 5.78. The number of Topliss-reactive ketones (excluding diaryl/α,β-unsaturated/α-hetero) is 1. The number of nitrogens with one attached hydrogen (secondary N) is 2. The van der Waals surface area contributed by atoms with Gasteiger partial charge in [-0.2, -0.15) is 0 Å². The van der Waals surface area contributed by atoms with E-state index in [4.69, 9.17) is 4.74 Å². The molecule has 162 valence electrons. The molecular weight excluding hydrogens is 472 g/mol. The molecule has 2 amide bonds. The first-order chi connectivity index (χ1) is 15.4. The molecule has 6 nitrogen and oxygen atoms in total. The summed E-state index contributed by atoms with van der Waals surface area (Å²) in [5.41, 5.74) is 2.20. The Morgan fingerprint density at radius 1 is 0.906 bits per heavy atom. The van der Waals surface area contributed by atoms with Gasteiger partial charge in [-0.25, -0.2) is 0 Å². The lowest BCUT2D eigenvalue weighted by molar-refractivity contribution is -0.113. The first-order valence-corrected chi connectivity index (χ1v) is 10.5. The fraction of sp³-hybridized carbons (Fsp3) is 0.0800. The molecule has 0 radical (unpaired) electrons. The number of ether oxygens (including phenoxy) is 1. The van der Waals surface area contributed by atoms with E-state index < -0.39 is 11.8 Å². The van der Waals surface area contributed by atoms with Crippen molar-refractivity contribution in [1.29, 1.82) is 0 Å². The molecule has 2 N–H and O–H groups in total. The second-order valence-electron chi connectivity index (χ2n) is 6.85. The third-order valence-electron chi connectivity index (χ3n) is 4.59. The lowest BCUT2D eigenvalue weighted by Gasteiger charge is -2.12. The first-order valence-electron chi connectivity index (χ1n) is 9.71. The molecule has 0 fully saturated rings. The Kier molecular flexibility index (Phi) is 7.57. The van der Waals surface area contributed by atoms with E-state index in [-0.39, 0.29) is 11.5 Å². The van der Waals surface area contributed by atoms with Crippen molar-refractivity contribution < 1.29 is 19.1 Å². The zero-order chi connectivity index (χ0) is 23.1. The van der Waals surface area contributed by atoms with E-state index in [1.165, 1.54) is 6.92 Å². The molecule has 0 atom stereocenters. The van der Waals surface area contributed by atoms with Crippen LogP contribution in [-0.2, 0) is 4.79 Å². The Hall–Kier alpha value is -3.71. The largest absolute Gasteiger partial charge is 0.497 e. The number of carbonyl (C=O) groups excluding carboxylic acids is 3. The molecule has 0 heterocycles. The van der Waals surface area contributed by atoms with Crippen molar-refractivity contribution in [1.82, 2.24) is 5.32 Å². The monoisotopic (exact) mass is 492 g/mol. The van der Waals surface area contributed by atoms with Crippen LogP contribution in [0.25, 0.3) is 6.08 Å². The fourth-order valence-corrected chi connectivity index (χ4v) is 3.31. The third kappa shape index (κ3) is 5.92. The summed E-state index contributed by atoms with van der Waals surface area (Å²) in [5, 5.41) is 5.45. The van der Waals surface area contributed by atoms with Gasteiger partial charge in [-0.3, -0.25) is 14.4 Å². The summed E-state index contributed by atoms with van der Waals surface area (Å²) >= 11 is 3.36. The zero-order valence-electron chi connectivity index (χ0n) is 17.5. The summed E-state index contributed by atoms with van der Waals surface area (Å²) in [6.07, 6.45) is 1.58. The number of hydrogen-bond donors (Lipinski definition) is 2. The van der Waals surface area contributed by atoms with Crippen LogP contribution in [0.3, 0.4) is 0 Å². The quantitative estimate of drug-likeness (QED) is 0.356. The van der Waals surface area contributed by atoms with Crippen molar-refractivity contribution >= 4 is 45.3 Å². The smallest absolute Gasteiger partial charge is 0.272 e. The van der Waals surface area contributed by atoms with Gasteiger partial charge in [0, 0.05) is 15.7 Å². The van der Waals surface area contributed by atoms with Crippen molar-refractivity contribution in [3.63, 3.8) is 0 Å². The van der Waals surface area contributed by atoms with Crippen LogP contribution >= 0.6 is 15.9 Å². The molecule has 0 aromatic heterocycles. The van der Waals surface area contributed by atoms with Gasteiger partial charge in [0.2, 0.25) is 0 Å². The highest BCUT2D eigenvalue weighted by Crippen LogP contribution is 2.18. The van der Waals surface area contributed by atoms with Gasteiger partial charge < -0.3 is 15.4 Å². The van der Waals surface area contributed by atoms with E-state index in [2.05, 4.69) is 26.6 Å². The van der Waals surface area contributed by atoms with Gasteiger partial charge in [0.05, 0.1) is 12.7 Å². The maximum Gasteiger partial charge on any atom is 0.272 e. The average molecular weight is 493 g/mol. The highest BCUT2D eigenvalue weighted by molar-refractivity contribution is 9.10. The molecule has 3 aromatic rings. The van der Waals surface area contributed by atoms with Gasteiger partial charge >= 0.3 is 0 Å². The van der Waals surface area contributed by atoms with Crippen LogP contribution in [0.15, 0.2) is 83.0 Å². The molecule has 0 aliphatic heterocycles. The molecule has 0 saturated carbocycles. The second-order valence-corrected chi connectivity index (χ2v) is 7.71. The van der Waals surface area contributed by atoms with Crippen LogP contribution in [0.1, 0.15) is 33.2 Å². The van der Waals surface area contributed by atoms with Crippen LogP contribution in [0.4, 0.5) is 5.69 Å². The van der Waals surface area contributed by atoms with Crippen molar-refractivity contribution in [2.45, 2.75) is 6.92 Å². The molecule has 0 bridgehead atoms. The fourth-order valence-electron chi connectivity index (χ4n) is 2.85.